The molecule has 94 valence electrons. The van der Waals surface area contributed by atoms with Crippen molar-refractivity contribution in [1.82, 2.24) is 0 Å². The van der Waals surface area contributed by atoms with Gasteiger partial charge >= 0.3 is 0 Å². The lowest BCUT2D eigenvalue weighted by atomic mass is 9.97. The summed E-state index contributed by atoms with van der Waals surface area (Å²) in [7, 11) is 0. The topological polar surface area (TPSA) is 0 Å². The third-order valence-corrected chi connectivity index (χ3v) is 3.08. The molecule has 16 heavy (non-hydrogen) atoms. The molecule has 0 aromatic rings. The van der Waals surface area contributed by atoms with E-state index in [9.17, 15) is 0 Å². The van der Waals surface area contributed by atoms with E-state index in [0.717, 1.165) is 18.8 Å². The lowest BCUT2D eigenvalue weighted by Crippen LogP contribution is -1.94. The van der Waals surface area contributed by atoms with Crippen LogP contribution in [0.3, 0.4) is 0 Å². The minimum atomic E-state index is 0.924. The average molecular weight is 222 g/mol. The van der Waals surface area contributed by atoms with Gasteiger partial charge in [0, 0.05) is 12.8 Å². The summed E-state index contributed by atoms with van der Waals surface area (Å²) < 4.78 is 0. The smallest absolute Gasteiger partial charge is 0.00886 e. The second kappa shape index (κ2) is 12.6. The van der Waals surface area contributed by atoms with Crippen LogP contribution in [0.1, 0.15) is 85.0 Å². The van der Waals surface area contributed by atoms with Crippen LogP contribution in [0.5, 0.6) is 0 Å². The lowest BCUT2D eigenvalue weighted by Gasteiger charge is -2.09. The predicted molar refractivity (Wildman–Crippen MR) is 74.5 cm³/mol. The van der Waals surface area contributed by atoms with Crippen molar-refractivity contribution in [3.8, 4) is 11.8 Å². The molecule has 0 saturated carbocycles. The Bertz CT molecular complexity index is 182. The highest BCUT2D eigenvalue weighted by atomic mass is 14.1. The van der Waals surface area contributed by atoms with E-state index in [2.05, 4.69) is 32.6 Å². The number of rotatable bonds is 9. The maximum Gasteiger partial charge on any atom is 0.00886 e. The van der Waals surface area contributed by atoms with Gasteiger partial charge in [0.2, 0.25) is 0 Å². The Labute approximate surface area is 103 Å². The molecule has 0 aromatic heterocycles. The fraction of sp³-hybridized carbons (Fsp3) is 0.875. The third kappa shape index (κ3) is 11.6. The molecule has 0 amide bonds. The van der Waals surface area contributed by atoms with Gasteiger partial charge in [0.25, 0.3) is 0 Å². The highest BCUT2D eigenvalue weighted by Crippen LogP contribution is 2.15. The molecule has 0 aromatic carbocycles. The van der Waals surface area contributed by atoms with Gasteiger partial charge in [-0.25, -0.2) is 0 Å². The third-order valence-electron chi connectivity index (χ3n) is 3.08. The summed E-state index contributed by atoms with van der Waals surface area (Å²) in [5.41, 5.74) is 0. The number of unbranched alkanes of at least 4 members (excludes halogenated alkanes) is 5. The van der Waals surface area contributed by atoms with E-state index >= 15 is 0 Å². The van der Waals surface area contributed by atoms with Gasteiger partial charge in [-0.3, -0.25) is 0 Å². The van der Waals surface area contributed by atoms with Gasteiger partial charge in [-0.05, 0) is 18.8 Å². The molecule has 0 spiro atoms. The molecule has 0 aliphatic carbocycles. The minimum absolute atomic E-state index is 0.924. The van der Waals surface area contributed by atoms with Crippen molar-refractivity contribution in [1.29, 1.82) is 0 Å². The Balaban J connectivity index is 3.21. The maximum absolute atomic E-state index is 3.29. The molecule has 0 heterocycles. The molecule has 0 heteroatoms. The van der Waals surface area contributed by atoms with Crippen LogP contribution in [-0.2, 0) is 0 Å². The molecule has 0 fully saturated rings. The van der Waals surface area contributed by atoms with Crippen molar-refractivity contribution in [2.45, 2.75) is 85.0 Å². The van der Waals surface area contributed by atoms with Crippen LogP contribution in [0, 0.1) is 17.8 Å². The average Bonchev–Trinajstić information content (AvgIpc) is 2.30. The van der Waals surface area contributed by atoms with Gasteiger partial charge in [-0.15, -0.1) is 11.8 Å². The van der Waals surface area contributed by atoms with Crippen LogP contribution in [0.2, 0.25) is 0 Å². The van der Waals surface area contributed by atoms with Gasteiger partial charge in [-0.2, -0.15) is 0 Å². The van der Waals surface area contributed by atoms with Gasteiger partial charge in [-0.1, -0.05) is 59.3 Å². The van der Waals surface area contributed by atoms with Crippen molar-refractivity contribution in [3.05, 3.63) is 0 Å². The number of hydrogen-bond donors (Lipinski definition) is 0. The highest BCUT2D eigenvalue weighted by Gasteiger charge is 2.00. The molecule has 0 radical (unpaired) electrons. The van der Waals surface area contributed by atoms with E-state index in [0.29, 0.717) is 0 Å². The molecular formula is C16H30. The molecule has 0 aliphatic heterocycles. The number of hydrogen-bond acceptors (Lipinski definition) is 0. The molecule has 0 nitrogen and oxygen atoms in total. The van der Waals surface area contributed by atoms with E-state index in [1.807, 2.05) is 0 Å². The monoisotopic (exact) mass is 222 g/mol. The van der Waals surface area contributed by atoms with E-state index in [4.69, 9.17) is 0 Å². The second-order valence-electron chi connectivity index (χ2n) is 4.95. The van der Waals surface area contributed by atoms with Gasteiger partial charge < -0.3 is 0 Å². The summed E-state index contributed by atoms with van der Waals surface area (Å²) in [6.07, 6.45) is 13.0. The first-order valence-corrected chi connectivity index (χ1v) is 7.27. The zero-order valence-electron chi connectivity index (χ0n) is 11.6. The molecule has 0 saturated heterocycles. The summed E-state index contributed by atoms with van der Waals surface area (Å²) in [6, 6.07) is 0. The van der Waals surface area contributed by atoms with Gasteiger partial charge in [0.15, 0.2) is 0 Å². The van der Waals surface area contributed by atoms with Crippen molar-refractivity contribution in [3.63, 3.8) is 0 Å². The molecular weight excluding hydrogens is 192 g/mol. The fourth-order valence-corrected chi connectivity index (χ4v) is 1.85. The van der Waals surface area contributed by atoms with Gasteiger partial charge in [0.05, 0.1) is 0 Å². The van der Waals surface area contributed by atoms with Crippen LogP contribution >= 0.6 is 0 Å². The minimum Gasteiger partial charge on any atom is -0.103 e. The van der Waals surface area contributed by atoms with Crippen LogP contribution in [0.25, 0.3) is 0 Å². The van der Waals surface area contributed by atoms with Crippen molar-refractivity contribution < 1.29 is 0 Å². The zero-order chi connectivity index (χ0) is 12.1. The Morgan fingerprint density at radius 3 is 1.94 bits per heavy atom. The predicted octanol–water partition coefficient (Wildman–Crippen LogP) is 5.57. The summed E-state index contributed by atoms with van der Waals surface area (Å²) in [4.78, 5) is 0. The van der Waals surface area contributed by atoms with Crippen LogP contribution in [0.15, 0.2) is 0 Å². The zero-order valence-corrected chi connectivity index (χ0v) is 11.6. The normalized spacial score (nSPS) is 11.9. The standard InChI is InChI=1S/C16H30/c1-4-6-8-9-10-11-12-13-15-16(3)14-7-5-2/h16H,4-8,11-15H2,1-3H3. The highest BCUT2D eigenvalue weighted by molar-refractivity contribution is 4.98. The molecule has 1 atom stereocenters. The summed E-state index contributed by atoms with van der Waals surface area (Å²) in [5.74, 6) is 7.47. The largest absolute Gasteiger partial charge is 0.103 e. The van der Waals surface area contributed by atoms with Crippen LogP contribution in [0.4, 0.5) is 0 Å². The summed E-state index contributed by atoms with van der Waals surface area (Å²) in [5, 5.41) is 0. The van der Waals surface area contributed by atoms with Crippen LogP contribution in [-0.4, -0.2) is 0 Å². The fourth-order valence-electron chi connectivity index (χ4n) is 1.85. The van der Waals surface area contributed by atoms with E-state index < -0.39 is 0 Å². The molecule has 0 bridgehead atoms. The Hall–Kier alpha value is -0.440. The first-order valence-electron chi connectivity index (χ1n) is 7.27. The van der Waals surface area contributed by atoms with E-state index in [-0.39, 0.29) is 0 Å². The summed E-state index contributed by atoms with van der Waals surface area (Å²) in [6.45, 7) is 6.89. The first-order chi connectivity index (χ1) is 7.81. The van der Waals surface area contributed by atoms with Gasteiger partial charge in [0.1, 0.15) is 0 Å². The molecule has 0 N–H and O–H groups in total. The first kappa shape index (κ1) is 15.6. The Morgan fingerprint density at radius 2 is 1.31 bits per heavy atom. The van der Waals surface area contributed by atoms with E-state index in [1.54, 1.807) is 0 Å². The van der Waals surface area contributed by atoms with Crippen molar-refractivity contribution in [2.24, 2.45) is 5.92 Å². The van der Waals surface area contributed by atoms with Crippen molar-refractivity contribution >= 4 is 0 Å². The Morgan fingerprint density at radius 1 is 0.750 bits per heavy atom. The second-order valence-corrected chi connectivity index (χ2v) is 4.95. The maximum atomic E-state index is 3.29. The van der Waals surface area contributed by atoms with E-state index in [1.165, 1.54) is 51.4 Å². The lowest BCUT2D eigenvalue weighted by molar-refractivity contribution is 0.451. The Kier molecular flexibility index (Phi) is 12.3. The quantitative estimate of drug-likeness (QED) is 0.353. The van der Waals surface area contributed by atoms with Crippen molar-refractivity contribution in [2.75, 3.05) is 0 Å². The van der Waals surface area contributed by atoms with Crippen LogP contribution < -0.4 is 0 Å². The summed E-state index contributed by atoms with van der Waals surface area (Å²) >= 11 is 0. The molecule has 0 aliphatic rings. The molecule has 1 unspecified atom stereocenters. The SMILES string of the molecule is CCCCC#CCCCCC(C)CCCC. The molecule has 0 rings (SSSR count).